The number of halogens is 1. The smallest absolute Gasteiger partial charge is 0.0657 e. The van der Waals surface area contributed by atoms with Crippen LogP contribution in [0, 0.1) is 6.92 Å². The Balaban J connectivity index is 2.16. The molecule has 1 N–H and O–H groups in total. The van der Waals surface area contributed by atoms with Gasteiger partial charge in [-0.05, 0) is 49.7 Å². The number of pyridine rings is 1. The van der Waals surface area contributed by atoms with E-state index < -0.39 is 0 Å². The number of rotatable bonds is 3. The van der Waals surface area contributed by atoms with E-state index in [-0.39, 0.29) is 6.04 Å². The van der Waals surface area contributed by atoms with E-state index in [1.165, 1.54) is 5.56 Å². The largest absolute Gasteiger partial charge is 0.377 e. The van der Waals surface area contributed by atoms with Gasteiger partial charge in [0, 0.05) is 16.4 Å². The first kappa shape index (κ1) is 12.1. The van der Waals surface area contributed by atoms with E-state index in [9.17, 15) is 0 Å². The van der Waals surface area contributed by atoms with Gasteiger partial charge >= 0.3 is 0 Å². The maximum absolute atomic E-state index is 4.35. The number of anilines is 1. The van der Waals surface area contributed by atoms with Crippen LogP contribution in [0.5, 0.6) is 0 Å². The molecule has 0 fully saturated rings. The lowest BCUT2D eigenvalue weighted by Crippen LogP contribution is -2.08. The molecule has 1 aromatic heterocycles. The molecule has 1 heterocycles. The molecule has 1 atom stereocenters. The Morgan fingerprint density at radius 3 is 2.71 bits per heavy atom. The van der Waals surface area contributed by atoms with E-state index in [2.05, 4.69) is 58.3 Å². The summed E-state index contributed by atoms with van der Waals surface area (Å²) in [5.41, 5.74) is 3.38. The van der Waals surface area contributed by atoms with Crippen molar-refractivity contribution in [3.63, 3.8) is 0 Å². The Morgan fingerprint density at radius 1 is 1.24 bits per heavy atom. The number of hydrogen-bond acceptors (Lipinski definition) is 2. The first-order chi connectivity index (χ1) is 8.15. The van der Waals surface area contributed by atoms with Gasteiger partial charge in [0.1, 0.15) is 0 Å². The zero-order valence-electron chi connectivity index (χ0n) is 9.94. The molecule has 0 saturated heterocycles. The first-order valence-corrected chi connectivity index (χ1v) is 6.39. The predicted molar refractivity (Wildman–Crippen MR) is 75.2 cm³/mol. The predicted octanol–water partition coefficient (Wildman–Crippen LogP) is 4.33. The summed E-state index contributed by atoms with van der Waals surface area (Å²) in [5, 5.41) is 3.45. The first-order valence-electron chi connectivity index (χ1n) is 5.60. The molecule has 1 aromatic carbocycles. The highest BCUT2D eigenvalue weighted by Crippen LogP contribution is 2.22. The van der Waals surface area contributed by atoms with Crippen molar-refractivity contribution in [2.45, 2.75) is 19.9 Å². The Kier molecular flexibility index (Phi) is 3.79. The van der Waals surface area contributed by atoms with Gasteiger partial charge < -0.3 is 5.32 Å². The van der Waals surface area contributed by atoms with Gasteiger partial charge in [-0.1, -0.05) is 22.0 Å². The summed E-state index contributed by atoms with van der Waals surface area (Å²) in [6.45, 7) is 4.19. The van der Waals surface area contributed by atoms with E-state index in [0.29, 0.717) is 0 Å². The van der Waals surface area contributed by atoms with Crippen molar-refractivity contribution in [1.29, 1.82) is 0 Å². The Bertz CT molecular complexity index is 477. The van der Waals surface area contributed by atoms with Crippen molar-refractivity contribution in [2.75, 3.05) is 5.32 Å². The number of aryl methyl sites for hydroxylation is 1. The third-order valence-corrected chi connectivity index (χ3v) is 3.01. The average molecular weight is 291 g/mol. The summed E-state index contributed by atoms with van der Waals surface area (Å²) in [5.74, 6) is 0. The van der Waals surface area contributed by atoms with Crippen LogP contribution in [0.1, 0.15) is 24.2 Å². The van der Waals surface area contributed by atoms with E-state index in [1.54, 1.807) is 0 Å². The van der Waals surface area contributed by atoms with Crippen molar-refractivity contribution >= 4 is 21.6 Å². The molecule has 88 valence electrons. The van der Waals surface area contributed by atoms with Crippen molar-refractivity contribution in [1.82, 2.24) is 4.98 Å². The number of nitrogens with one attached hydrogen (secondary N) is 1. The number of benzene rings is 1. The van der Waals surface area contributed by atoms with Crippen LogP contribution in [0.3, 0.4) is 0 Å². The highest BCUT2D eigenvalue weighted by atomic mass is 79.9. The summed E-state index contributed by atoms with van der Waals surface area (Å²) in [6, 6.07) is 12.5. The maximum Gasteiger partial charge on any atom is 0.0657 e. The fourth-order valence-corrected chi connectivity index (χ4v) is 2.38. The molecular weight excluding hydrogens is 276 g/mol. The van der Waals surface area contributed by atoms with E-state index in [1.807, 2.05) is 24.4 Å². The van der Waals surface area contributed by atoms with Crippen molar-refractivity contribution in [2.24, 2.45) is 0 Å². The number of aromatic nitrogens is 1. The molecule has 0 spiro atoms. The van der Waals surface area contributed by atoms with Gasteiger partial charge in [-0.3, -0.25) is 4.98 Å². The Hall–Kier alpha value is -1.35. The molecule has 0 aliphatic carbocycles. The molecule has 0 radical (unpaired) electrons. The fourth-order valence-electron chi connectivity index (χ4n) is 1.78. The minimum atomic E-state index is 0.199. The standard InChI is InChI=1S/C14H15BrN2/c1-10-7-12(15)9-13(8-10)17-11(2)14-5-3-4-6-16-14/h3-9,11,17H,1-2H3. The van der Waals surface area contributed by atoms with Crippen molar-refractivity contribution < 1.29 is 0 Å². The molecular formula is C14H15BrN2. The second-order valence-corrected chi connectivity index (χ2v) is 5.05. The van der Waals surface area contributed by atoms with Gasteiger partial charge in [-0.15, -0.1) is 0 Å². The molecule has 0 aliphatic rings. The summed E-state index contributed by atoms with van der Waals surface area (Å²) < 4.78 is 1.09. The number of hydrogen-bond donors (Lipinski definition) is 1. The summed E-state index contributed by atoms with van der Waals surface area (Å²) in [4.78, 5) is 4.35. The van der Waals surface area contributed by atoms with Gasteiger partial charge in [0.25, 0.3) is 0 Å². The second kappa shape index (κ2) is 5.32. The minimum absolute atomic E-state index is 0.199. The van der Waals surface area contributed by atoms with Crippen LogP contribution in [0.15, 0.2) is 47.1 Å². The highest BCUT2D eigenvalue weighted by molar-refractivity contribution is 9.10. The van der Waals surface area contributed by atoms with E-state index >= 15 is 0 Å². The van der Waals surface area contributed by atoms with Crippen LogP contribution in [0.25, 0.3) is 0 Å². The molecule has 0 bridgehead atoms. The van der Waals surface area contributed by atoms with Gasteiger partial charge in [-0.2, -0.15) is 0 Å². The van der Waals surface area contributed by atoms with Crippen LogP contribution in [0.4, 0.5) is 5.69 Å². The third kappa shape index (κ3) is 3.30. The summed E-state index contributed by atoms with van der Waals surface area (Å²) in [6.07, 6.45) is 1.82. The third-order valence-electron chi connectivity index (χ3n) is 2.56. The molecule has 0 amide bonds. The van der Waals surface area contributed by atoms with Crippen LogP contribution >= 0.6 is 15.9 Å². The topological polar surface area (TPSA) is 24.9 Å². The lowest BCUT2D eigenvalue weighted by molar-refractivity contribution is 0.839. The highest BCUT2D eigenvalue weighted by Gasteiger charge is 2.06. The van der Waals surface area contributed by atoms with Crippen molar-refractivity contribution in [3.8, 4) is 0 Å². The summed E-state index contributed by atoms with van der Waals surface area (Å²) >= 11 is 3.50. The van der Waals surface area contributed by atoms with Crippen LogP contribution < -0.4 is 5.32 Å². The molecule has 1 unspecified atom stereocenters. The Labute approximate surface area is 110 Å². The lowest BCUT2D eigenvalue weighted by atomic mass is 10.1. The van der Waals surface area contributed by atoms with Crippen molar-refractivity contribution in [3.05, 3.63) is 58.3 Å². The second-order valence-electron chi connectivity index (χ2n) is 4.14. The maximum atomic E-state index is 4.35. The van der Waals surface area contributed by atoms with Gasteiger partial charge in [0.05, 0.1) is 11.7 Å². The number of nitrogens with zero attached hydrogens (tertiary/aromatic N) is 1. The molecule has 0 aliphatic heterocycles. The minimum Gasteiger partial charge on any atom is -0.377 e. The molecule has 2 aromatic rings. The molecule has 2 nitrogen and oxygen atoms in total. The van der Waals surface area contributed by atoms with E-state index in [4.69, 9.17) is 0 Å². The average Bonchev–Trinajstić information content (AvgIpc) is 2.28. The van der Waals surface area contributed by atoms with E-state index in [0.717, 1.165) is 15.9 Å². The molecule has 3 heteroatoms. The Morgan fingerprint density at radius 2 is 2.06 bits per heavy atom. The normalized spacial score (nSPS) is 12.2. The molecule has 2 rings (SSSR count). The van der Waals surface area contributed by atoms with Gasteiger partial charge in [-0.25, -0.2) is 0 Å². The molecule has 17 heavy (non-hydrogen) atoms. The SMILES string of the molecule is Cc1cc(Br)cc(NC(C)c2ccccn2)c1. The monoisotopic (exact) mass is 290 g/mol. The quantitative estimate of drug-likeness (QED) is 0.910. The van der Waals surface area contributed by atoms with Crippen LogP contribution in [-0.2, 0) is 0 Å². The van der Waals surface area contributed by atoms with Gasteiger partial charge in [0.15, 0.2) is 0 Å². The van der Waals surface area contributed by atoms with Crippen LogP contribution in [-0.4, -0.2) is 4.98 Å². The lowest BCUT2D eigenvalue weighted by Gasteiger charge is -2.15. The molecule has 0 saturated carbocycles. The zero-order chi connectivity index (χ0) is 12.3. The van der Waals surface area contributed by atoms with Crippen LogP contribution in [0.2, 0.25) is 0 Å². The fraction of sp³-hybridized carbons (Fsp3) is 0.214. The zero-order valence-corrected chi connectivity index (χ0v) is 11.5. The van der Waals surface area contributed by atoms with Gasteiger partial charge in [0.2, 0.25) is 0 Å². The summed E-state index contributed by atoms with van der Waals surface area (Å²) in [7, 11) is 0.